The van der Waals surface area contributed by atoms with E-state index in [1.807, 2.05) is 11.4 Å². The number of thiophene rings is 1. The van der Waals surface area contributed by atoms with E-state index >= 15 is 0 Å². The van der Waals surface area contributed by atoms with Crippen molar-refractivity contribution in [2.24, 2.45) is 0 Å². The molecule has 0 spiro atoms. The van der Waals surface area contributed by atoms with E-state index in [1.165, 1.54) is 22.5 Å². The molecule has 2 aromatic rings. The molecule has 0 saturated carbocycles. The van der Waals surface area contributed by atoms with Crippen molar-refractivity contribution < 1.29 is 4.79 Å². The van der Waals surface area contributed by atoms with Crippen LogP contribution in [0.5, 0.6) is 0 Å². The Labute approximate surface area is 125 Å². The lowest BCUT2D eigenvalue weighted by molar-refractivity contribution is 0.0937. The maximum atomic E-state index is 12.2. The number of fused-ring (bicyclic) bond motifs is 1. The molecule has 4 heteroatoms. The van der Waals surface area contributed by atoms with Gasteiger partial charge in [0.25, 0.3) is 5.91 Å². The lowest BCUT2D eigenvalue weighted by atomic mass is 9.88. The van der Waals surface area contributed by atoms with Gasteiger partial charge in [-0.25, -0.2) is 0 Å². The summed E-state index contributed by atoms with van der Waals surface area (Å²) in [6.07, 6.45) is 3.00. The van der Waals surface area contributed by atoms with Gasteiger partial charge in [-0.2, -0.15) is 0 Å². The average molecular weight is 336 g/mol. The van der Waals surface area contributed by atoms with E-state index < -0.39 is 0 Å². The van der Waals surface area contributed by atoms with Gasteiger partial charge in [0, 0.05) is 10.5 Å². The molecule has 0 fully saturated rings. The van der Waals surface area contributed by atoms with E-state index in [4.69, 9.17) is 0 Å². The summed E-state index contributed by atoms with van der Waals surface area (Å²) in [5.41, 5.74) is 2.79. The Bertz CT molecular complexity index is 608. The average Bonchev–Trinajstić information content (AvgIpc) is 2.85. The van der Waals surface area contributed by atoms with E-state index in [2.05, 4.69) is 45.5 Å². The molecule has 0 bridgehead atoms. The molecule has 1 N–H and O–H groups in total. The topological polar surface area (TPSA) is 29.1 Å². The molecule has 1 aromatic heterocycles. The Balaban J connectivity index is 1.70. The minimum Gasteiger partial charge on any atom is -0.348 e. The Morgan fingerprint density at radius 1 is 1.26 bits per heavy atom. The number of aryl methyl sites for hydroxylation is 1. The summed E-state index contributed by atoms with van der Waals surface area (Å²) < 4.78 is 0.881. The Morgan fingerprint density at radius 2 is 2.05 bits per heavy atom. The van der Waals surface area contributed by atoms with Gasteiger partial charge < -0.3 is 5.32 Å². The number of hydrogen-bond donors (Lipinski definition) is 1. The number of carbonyl (C=O) groups is 1. The fraction of sp³-hybridized carbons (Fsp3) is 0.267. The van der Waals surface area contributed by atoms with Gasteiger partial charge in [0.05, 0.1) is 0 Å². The molecule has 1 aromatic carbocycles. The first-order chi connectivity index (χ1) is 9.24. The predicted molar refractivity (Wildman–Crippen MR) is 81.7 cm³/mol. The standard InChI is InChI=1S/C15H14BrNOS/c16-13-7-8-19-14(13)15(18)17-12-6-5-10-3-1-2-4-11(10)9-12/h1-4,7-8,12H,5-6,9H2,(H,17,18). The Hall–Kier alpha value is -1.13. The van der Waals surface area contributed by atoms with Crippen LogP contribution >= 0.6 is 27.3 Å². The monoisotopic (exact) mass is 335 g/mol. The number of halogens is 1. The molecule has 1 amide bonds. The summed E-state index contributed by atoms with van der Waals surface area (Å²) in [5, 5.41) is 5.07. The molecule has 1 unspecified atom stereocenters. The summed E-state index contributed by atoms with van der Waals surface area (Å²) in [7, 11) is 0. The molecule has 1 aliphatic rings. The van der Waals surface area contributed by atoms with Crippen LogP contribution in [-0.2, 0) is 12.8 Å². The van der Waals surface area contributed by atoms with Crippen molar-refractivity contribution in [2.45, 2.75) is 25.3 Å². The Morgan fingerprint density at radius 3 is 2.79 bits per heavy atom. The first-order valence-electron chi connectivity index (χ1n) is 6.34. The van der Waals surface area contributed by atoms with Crippen molar-refractivity contribution in [3.8, 4) is 0 Å². The molecule has 2 nitrogen and oxygen atoms in total. The van der Waals surface area contributed by atoms with Crippen molar-refractivity contribution in [2.75, 3.05) is 0 Å². The molecule has 0 aliphatic heterocycles. The lowest BCUT2D eigenvalue weighted by Gasteiger charge is -2.25. The van der Waals surface area contributed by atoms with Gasteiger partial charge >= 0.3 is 0 Å². The number of benzene rings is 1. The second-order valence-corrected chi connectivity index (χ2v) is 6.55. The van der Waals surface area contributed by atoms with E-state index in [0.29, 0.717) is 0 Å². The quantitative estimate of drug-likeness (QED) is 0.888. The summed E-state index contributed by atoms with van der Waals surface area (Å²) in [4.78, 5) is 12.9. The largest absolute Gasteiger partial charge is 0.348 e. The third-order valence-corrected chi connectivity index (χ3v) is 5.34. The van der Waals surface area contributed by atoms with Crippen LogP contribution in [0.4, 0.5) is 0 Å². The summed E-state index contributed by atoms with van der Waals surface area (Å²) in [6, 6.07) is 10.7. The van der Waals surface area contributed by atoms with Crippen LogP contribution in [0.2, 0.25) is 0 Å². The van der Waals surface area contributed by atoms with Crippen LogP contribution in [0.3, 0.4) is 0 Å². The molecule has 1 heterocycles. The van der Waals surface area contributed by atoms with Gasteiger partial charge in [0.1, 0.15) is 4.88 Å². The third-order valence-electron chi connectivity index (χ3n) is 3.51. The first-order valence-corrected chi connectivity index (χ1v) is 8.02. The molecule has 1 atom stereocenters. The second-order valence-electron chi connectivity index (χ2n) is 4.78. The van der Waals surface area contributed by atoms with E-state index in [0.717, 1.165) is 28.6 Å². The Kier molecular flexibility index (Phi) is 3.71. The van der Waals surface area contributed by atoms with Crippen LogP contribution in [0.1, 0.15) is 27.2 Å². The van der Waals surface area contributed by atoms with Gasteiger partial charge in [-0.3, -0.25) is 4.79 Å². The summed E-state index contributed by atoms with van der Waals surface area (Å²) >= 11 is 4.88. The van der Waals surface area contributed by atoms with Gasteiger partial charge in [0.15, 0.2) is 0 Å². The van der Waals surface area contributed by atoms with Crippen LogP contribution in [-0.4, -0.2) is 11.9 Å². The molecular formula is C15H14BrNOS. The molecular weight excluding hydrogens is 322 g/mol. The third kappa shape index (κ3) is 2.74. The lowest BCUT2D eigenvalue weighted by Crippen LogP contribution is -2.38. The fourth-order valence-electron chi connectivity index (χ4n) is 2.53. The zero-order valence-corrected chi connectivity index (χ0v) is 12.8. The smallest absolute Gasteiger partial charge is 0.262 e. The molecule has 19 heavy (non-hydrogen) atoms. The van der Waals surface area contributed by atoms with Crippen LogP contribution in [0, 0.1) is 0 Å². The fourth-order valence-corrected chi connectivity index (χ4v) is 3.98. The van der Waals surface area contributed by atoms with Gasteiger partial charge in [0.2, 0.25) is 0 Å². The maximum Gasteiger partial charge on any atom is 0.262 e. The van der Waals surface area contributed by atoms with E-state index in [9.17, 15) is 4.79 Å². The zero-order valence-electron chi connectivity index (χ0n) is 10.4. The molecule has 0 radical (unpaired) electrons. The molecule has 98 valence electrons. The van der Waals surface area contributed by atoms with Crippen molar-refractivity contribution in [1.82, 2.24) is 5.32 Å². The molecule has 1 aliphatic carbocycles. The van der Waals surface area contributed by atoms with Gasteiger partial charge in [-0.1, -0.05) is 24.3 Å². The first kappa shape index (κ1) is 12.9. The highest BCUT2D eigenvalue weighted by Gasteiger charge is 2.21. The van der Waals surface area contributed by atoms with Crippen LogP contribution in [0.15, 0.2) is 40.2 Å². The van der Waals surface area contributed by atoms with Crippen LogP contribution in [0.25, 0.3) is 0 Å². The van der Waals surface area contributed by atoms with Crippen molar-refractivity contribution in [3.05, 3.63) is 56.2 Å². The second kappa shape index (κ2) is 5.47. The maximum absolute atomic E-state index is 12.2. The summed E-state index contributed by atoms with van der Waals surface area (Å²) in [6.45, 7) is 0. The highest BCUT2D eigenvalue weighted by Crippen LogP contribution is 2.24. The highest BCUT2D eigenvalue weighted by molar-refractivity contribution is 9.10. The van der Waals surface area contributed by atoms with E-state index in [-0.39, 0.29) is 11.9 Å². The summed E-state index contributed by atoms with van der Waals surface area (Å²) in [5.74, 6) is 0.0336. The van der Waals surface area contributed by atoms with Crippen molar-refractivity contribution in [1.29, 1.82) is 0 Å². The number of carbonyl (C=O) groups excluding carboxylic acids is 1. The number of rotatable bonds is 2. The number of amides is 1. The van der Waals surface area contributed by atoms with Crippen molar-refractivity contribution >= 4 is 33.2 Å². The zero-order chi connectivity index (χ0) is 13.2. The van der Waals surface area contributed by atoms with Crippen LogP contribution < -0.4 is 5.32 Å². The highest BCUT2D eigenvalue weighted by atomic mass is 79.9. The predicted octanol–water partition coefficient (Wildman–Crippen LogP) is 3.80. The minimum atomic E-state index is 0.0336. The minimum absolute atomic E-state index is 0.0336. The number of hydrogen-bond acceptors (Lipinski definition) is 2. The van der Waals surface area contributed by atoms with Crippen molar-refractivity contribution in [3.63, 3.8) is 0 Å². The number of nitrogens with one attached hydrogen (secondary N) is 1. The van der Waals surface area contributed by atoms with Gasteiger partial charge in [-0.15, -0.1) is 11.3 Å². The SMILES string of the molecule is O=C(NC1CCc2ccccc2C1)c1sccc1Br. The van der Waals surface area contributed by atoms with Gasteiger partial charge in [-0.05, 0) is 57.8 Å². The molecule has 3 rings (SSSR count). The molecule has 0 saturated heterocycles. The van der Waals surface area contributed by atoms with E-state index in [1.54, 1.807) is 0 Å². The normalized spacial score (nSPS) is 17.8.